The van der Waals surface area contributed by atoms with E-state index in [0.29, 0.717) is 6.61 Å². The standard InChI is InChI=1S/C16H20N2O/c1-17-14-7-9-16(10-8-14)19-12-13-5-4-6-15(11-13)18(2)3/h4-11,17H,12H2,1-3H3. The zero-order chi connectivity index (χ0) is 13.7. The van der Waals surface area contributed by atoms with Gasteiger partial charge in [0.05, 0.1) is 0 Å². The van der Waals surface area contributed by atoms with Gasteiger partial charge in [0.25, 0.3) is 0 Å². The number of benzene rings is 2. The van der Waals surface area contributed by atoms with E-state index in [0.717, 1.165) is 11.4 Å². The second-order valence-electron chi connectivity index (χ2n) is 4.63. The molecule has 3 heteroatoms. The van der Waals surface area contributed by atoms with Crippen LogP contribution in [0.4, 0.5) is 11.4 Å². The van der Waals surface area contributed by atoms with Crippen LogP contribution < -0.4 is 15.0 Å². The van der Waals surface area contributed by atoms with Crippen molar-refractivity contribution in [3.8, 4) is 5.75 Å². The Morgan fingerprint density at radius 2 is 1.79 bits per heavy atom. The second-order valence-corrected chi connectivity index (χ2v) is 4.63. The van der Waals surface area contributed by atoms with E-state index in [1.54, 1.807) is 0 Å². The molecule has 0 heterocycles. The fraction of sp³-hybridized carbons (Fsp3) is 0.250. The van der Waals surface area contributed by atoms with Crippen molar-refractivity contribution < 1.29 is 4.74 Å². The summed E-state index contributed by atoms with van der Waals surface area (Å²) in [4.78, 5) is 2.09. The lowest BCUT2D eigenvalue weighted by Crippen LogP contribution is -2.09. The third kappa shape index (κ3) is 3.65. The van der Waals surface area contributed by atoms with E-state index >= 15 is 0 Å². The number of nitrogens with zero attached hydrogens (tertiary/aromatic N) is 1. The molecule has 0 bridgehead atoms. The Bertz CT molecular complexity index is 521. The summed E-state index contributed by atoms with van der Waals surface area (Å²) in [6, 6.07) is 16.3. The summed E-state index contributed by atoms with van der Waals surface area (Å²) in [5, 5.41) is 3.09. The normalized spacial score (nSPS) is 10.1. The van der Waals surface area contributed by atoms with E-state index in [-0.39, 0.29) is 0 Å². The smallest absolute Gasteiger partial charge is 0.119 e. The Labute approximate surface area is 114 Å². The molecule has 2 aromatic rings. The first-order valence-electron chi connectivity index (χ1n) is 6.36. The van der Waals surface area contributed by atoms with Gasteiger partial charge in [-0.05, 0) is 42.0 Å². The molecule has 2 rings (SSSR count). The molecule has 1 N–H and O–H groups in total. The summed E-state index contributed by atoms with van der Waals surface area (Å²) in [5.74, 6) is 0.884. The molecule has 0 spiro atoms. The average Bonchev–Trinajstić information content (AvgIpc) is 2.46. The number of hydrogen-bond acceptors (Lipinski definition) is 3. The van der Waals surface area contributed by atoms with E-state index in [1.807, 2.05) is 45.4 Å². The van der Waals surface area contributed by atoms with Crippen molar-refractivity contribution in [3.63, 3.8) is 0 Å². The fourth-order valence-electron chi connectivity index (χ4n) is 1.81. The number of ether oxygens (including phenoxy) is 1. The average molecular weight is 256 g/mol. The highest BCUT2D eigenvalue weighted by Gasteiger charge is 1.99. The first kappa shape index (κ1) is 13.3. The summed E-state index contributed by atoms with van der Waals surface area (Å²) in [5.41, 5.74) is 3.44. The van der Waals surface area contributed by atoms with E-state index in [4.69, 9.17) is 4.74 Å². The molecule has 0 atom stereocenters. The minimum absolute atomic E-state index is 0.584. The first-order valence-corrected chi connectivity index (χ1v) is 6.36. The van der Waals surface area contributed by atoms with Crippen LogP contribution in [0.5, 0.6) is 5.75 Å². The number of hydrogen-bond donors (Lipinski definition) is 1. The molecule has 0 fully saturated rings. The lowest BCUT2D eigenvalue weighted by atomic mass is 10.2. The first-order chi connectivity index (χ1) is 9.19. The SMILES string of the molecule is CNc1ccc(OCc2cccc(N(C)C)c2)cc1. The molecular weight excluding hydrogens is 236 g/mol. The molecule has 2 aromatic carbocycles. The van der Waals surface area contributed by atoms with Crippen LogP contribution in [0.25, 0.3) is 0 Å². The zero-order valence-corrected chi connectivity index (χ0v) is 11.7. The van der Waals surface area contributed by atoms with Crippen LogP contribution in [-0.4, -0.2) is 21.1 Å². The van der Waals surface area contributed by atoms with E-state index in [1.165, 1.54) is 11.3 Å². The molecule has 0 aromatic heterocycles. The Hall–Kier alpha value is -2.16. The predicted octanol–water partition coefficient (Wildman–Crippen LogP) is 3.37. The van der Waals surface area contributed by atoms with Crippen LogP contribution in [-0.2, 0) is 6.61 Å². The molecule has 0 aliphatic rings. The number of nitrogens with one attached hydrogen (secondary N) is 1. The molecule has 0 unspecified atom stereocenters. The molecule has 19 heavy (non-hydrogen) atoms. The highest BCUT2D eigenvalue weighted by molar-refractivity contribution is 5.47. The maximum atomic E-state index is 5.78. The van der Waals surface area contributed by atoms with Crippen molar-refractivity contribution in [2.45, 2.75) is 6.61 Å². The topological polar surface area (TPSA) is 24.5 Å². The highest BCUT2D eigenvalue weighted by atomic mass is 16.5. The van der Waals surface area contributed by atoms with E-state index in [2.05, 4.69) is 34.5 Å². The van der Waals surface area contributed by atoms with Crippen LogP contribution in [0.3, 0.4) is 0 Å². The van der Waals surface area contributed by atoms with Crippen molar-refractivity contribution in [2.75, 3.05) is 31.4 Å². The van der Waals surface area contributed by atoms with Crippen molar-refractivity contribution in [1.82, 2.24) is 0 Å². The number of rotatable bonds is 5. The van der Waals surface area contributed by atoms with Crippen LogP contribution in [0.15, 0.2) is 48.5 Å². The molecule has 0 radical (unpaired) electrons. The van der Waals surface area contributed by atoms with Gasteiger partial charge >= 0.3 is 0 Å². The zero-order valence-electron chi connectivity index (χ0n) is 11.7. The summed E-state index contributed by atoms with van der Waals surface area (Å²) < 4.78 is 5.78. The van der Waals surface area contributed by atoms with Crippen molar-refractivity contribution >= 4 is 11.4 Å². The maximum absolute atomic E-state index is 5.78. The molecule has 0 saturated heterocycles. The van der Waals surface area contributed by atoms with Gasteiger partial charge < -0.3 is 15.0 Å². The van der Waals surface area contributed by atoms with Gasteiger partial charge in [0, 0.05) is 32.5 Å². The van der Waals surface area contributed by atoms with E-state index in [9.17, 15) is 0 Å². The van der Waals surface area contributed by atoms with Gasteiger partial charge in [-0.2, -0.15) is 0 Å². The molecule has 0 aliphatic carbocycles. The quantitative estimate of drug-likeness (QED) is 0.887. The van der Waals surface area contributed by atoms with Gasteiger partial charge in [0.1, 0.15) is 12.4 Å². The van der Waals surface area contributed by atoms with Crippen LogP contribution >= 0.6 is 0 Å². The summed E-state index contributed by atoms with van der Waals surface area (Å²) in [7, 11) is 5.98. The van der Waals surface area contributed by atoms with Crippen molar-refractivity contribution in [3.05, 3.63) is 54.1 Å². The summed E-state index contributed by atoms with van der Waals surface area (Å²) in [6.07, 6.45) is 0. The molecule has 3 nitrogen and oxygen atoms in total. The van der Waals surface area contributed by atoms with Gasteiger partial charge in [-0.1, -0.05) is 12.1 Å². The summed E-state index contributed by atoms with van der Waals surface area (Å²) in [6.45, 7) is 0.584. The molecule has 0 aliphatic heterocycles. The third-order valence-corrected chi connectivity index (χ3v) is 2.98. The minimum Gasteiger partial charge on any atom is -0.489 e. The van der Waals surface area contributed by atoms with Gasteiger partial charge in [-0.15, -0.1) is 0 Å². The number of anilines is 2. The maximum Gasteiger partial charge on any atom is 0.119 e. The van der Waals surface area contributed by atoms with Gasteiger partial charge in [0.2, 0.25) is 0 Å². The fourth-order valence-corrected chi connectivity index (χ4v) is 1.81. The Balaban J connectivity index is 1.99. The highest BCUT2D eigenvalue weighted by Crippen LogP contribution is 2.18. The Morgan fingerprint density at radius 3 is 2.42 bits per heavy atom. The molecule has 100 valence electrons. The monoisotopic (exact) mass is 256 g/mol. The predicted molar refractivity (Wildman–Crippen MR) is 81.1 cm³/mol. The van der Waals surface area contributed by atoms with Crippen molar-refractivity contribution in [2.24, 2.45) is 0 Å². The lowest BCUT2D eigenvalue weighted by molar-refractivity contribution is 0.306. The lowest BCUT2D eigenvalue weighted by Gasteiger charge is -2.14. The molecule has 0 saturated carbocycles. The van der Waals surface area contributed by atoms with Gasteiger partial charge in [0.15, 0.2) is 0 Å². The largest absolute Gasteiger partial charge is 0.489 e. The Morgan fingerprint density at radius 1 is 1.05 bits per heavy atom. The van der Waals surface area contributed by atoms with Crippen molar-refractivity contribution in [1.29, 1.82) is 0 Å². The molecule has 0 amide bonds. The van der Waals surface area contributed by atoms with Gasteiger partial charge in [-0.25, -0.2) is 0 Å². The Kier molecular flexibility index (Phi) is 4.29. The van der Waals surface area contributed by atoms with Crippen LogP contribution in [0.1, 0.15) is 5.56 Å². The minimum atomic E-state index is 0.584. The second kappa shape index (κ2) is 6.14. The molecular formula is C16H20N2O. The van der Waals surface area contributed by atoms with Crippen LogP contribution in [0.2, 0.25) is 0 Å². The summed E-state index contributed by atoms with van der Waals surface area (Å²) >= 11 is 0. The van der Waals surface area contributed by atoms with Gasteiger partial charge in [-0.3, -0.25) is 0 Å². The van der Waals surface area contributed by atoms with Crippen LogP contribution in [0, 0.1) is 0 Å². The van der Waals surface area contributed by atoms with E-state index < -0.39 is 0 Å². The third-order valence-electron chi connectivity index (χ3n) is 2.98.